The second-order valence-electron chi connectivity index (χ2n) is 6.76. The Kier molecular flexibility index (Phi) is 5.92. The van der Waals surface area contributed by atoms with Crippen molar-refractivity contribution < 1.29 is 22.4 Å². The molecule has 10 heteroatoms. The summed E-state index contributed by atoms with van der Waals surface area (Å²) in [4.78, 5) is 28.4. The van der Waals surface area contributed by atoms with Crippen molar-refractivity contribution in [3.63, 3.8) is 0 Å². The molecule has 3 rings (SSSR count). The Morgan fingerprint density at radius 2 is 2.11 bits per heavy atom. The third-order valence-corrected chi connectivity index (χ3v) is 7.94. The van der Waals surface area contributed by atoms with Crippen LogP contribution in [0.5, 0.6) is 0 Å². The van der Waals surface area contributed by atoms with E-state index in [1.807, 2.05) is 0 Å². The number of amides is 2. The number of sulfone groups is 1. The van der Waals surface area contributed by atoms with Crippen LogP contribution < -0.4 is 0 Å². The number of benzene rings is 1. The van der Waals surface area contributed by atoms with Gasteiger partial charge in [-0.2, -0.15) is 0 Å². The molecule has 1 aromatic rings. The van der Waals surface area contributed by atoms with E-state index in [1.54, 1.807) is 25.1 Å². The molecule has 1 aromatic carbocycles. The molecular formula is C18H19FN2O4S3. The maximum Gasteiger partial charge on any atom is 0.266 e. The zero-order chi connectivity index (χ0) is 20.6. The van der Waals surface area contributed by atoms with E-state index < -0.39 is 33.6 Å². The number of nitrogens with zero attached hydrogens (tertiary/aromatic N) is 2. The summed E-state index contributed by atoms with van der Waals surface area (Å²) in [5.41, 5.74) is 0.259. The molecule has 28 heavy (non-hydrogen) atoms. The molecule has 2 atom stereocenters. The molecule has 6 nitrogen and oxygen atoms in total. The van der Waals surface area contributed by atoms with Gasteiger partial charge in [-0.15, -0.1) is 0 Å². The molecule has 2 aliphatic rings. The van der Waals surface area contributed by atoms with E-state index >= 15 is 0 Å². The van der Waals surface area contributed by atoms with Gasteiger partial charge in [-0.05, 0) is 25.5 Å². The van der Waals surface area contributed by atoms with Crippen LogP contribution in [0.2, 0.25) is 0 Å². The van der Waals surface area contributed by atoms with Gasteiger partial charge < -0.3 is 4.90 Å². The first-order valence-corrected chi connectivity index (χ1v) is 11.6. The average Bonchev–Trinajstić information content (AvgIpc) is 3.14. The molecule has 2 amide bonds. The van der Waals surface area contributed by atoms with Crippen molar-refractivity contribution in [1.82, 2.24) is 9.80 Å². The number of hydrogen-bond acceptors (Lipinski definition) is 6. The highest BCUT2D eigenvalue weighted by atomic mass is 32.2. The summed E-state index contributed by atoms with van der Waals surface area (Å²) in [7, 11) is -1.60. The first kappa shape index (κ1) is 20.9. The van der Waals surface area contributed by atoms with Gasteiger partial charge in [0, 0.05) is 18.7 Å². The van der Waals surface area contributed by atoms with E-state index in [1.165, 1.54) is 29.0 Å². The molecule has 0 spiro atoms. The van der Waals surface area contributed by atoms with Crippen molar-refractivity contribution in [1.29, 1.82) is 0 Å². The van der Waals surface area contributed by atoms with Crippen molar-refractivity contribution in [2.75, 3.05) is 18.6 Å². The van der Waals surface area contributed by atoms with Gasteiger partial charge in [0.1, 0.15) is 16.2 Å². The highest BCUT2D eigenvalue weighted by Crippen LogP contribution is 2.34. The fourth-order valence-corrected chi connectivity index (χ4v) is 6.40. The first-order chi connectivity index (χ1) is 13.1. The van der Waals surface area contributed by atoms with Gasteiger partial charge >= 0.3 is 0 Å². The second kappa shape index (κ2) is 7.92. The Morgan fingerprint density at radius 3 is 2.71 bits per heavy atom. The van der Waals surface area contributed by atoms with E-state index in [0.717, 1.165) is 11.8 Å². The van der Waals surface area contributed by atoms with Crippen LogP contribution in [-0.4, -0.2) is 65.0 Å². The molecule has 0 unspecified atom stereocenters. The van der Waals surface area contributed by atoms with Gasteiger partial charge in [0.25, 0.3) is 5.91 Å². The zero-order valence-electron chi connectivity index (χ0n) is 15.3. The third-order valence-electron chi connectivity index (χ3n) is 4.86. The molecular weight excluding hydrogens is 423 g/mol. The minimum atomic E-state index is -3.14. The monoisotopic (exact) mass is 442 g/mol. The topological polar surface area (TPSA) is 74.8 Å². The SMILES string of the molecule is C[C@@H](C(=O)N(C)[C@@H]1CCS(=O)(=O)C1)N1C(=O)/C(=C\c2ccccc2F)SC1=S. The first-order valence-electron chi connectivity index (χ1n) is 8.59. The lowest BCUT2D eigenvalue weighted by Crippen LogP contribution is -2.50. The largest absolute Gasteiger partial charge is 0.340 e. The summed E-state index contributed by atoms with van der Waals surface area (Å²) >= 11 is 6.27. The molecule has 2 aliphatic heterocycles. The molecule has 0 aromatic heterocycles. The lowest BCUT2D eigenvalue weighted by atomic mass is 10.1. The van der Waals surface area contributed by atoms with Crippen LogP contribution >= 0.6 is 24.0 Å². The van der Waals surface area contributed by atoms with E-state index in [9.17, 15) is 22.4 Å². The van der Waals surface area contributed by atoms with Crippen LogP contribution in [0.4, 0.5) is 4.39 Å². The summed E-state index contributed by atoms with van der Waals surface area (Å²) in [6.45, 7) is 1.55. The molecule has 0 saturated carbocycles. The number of carbonyl (C=O) groups excluding carboxylic acids is 2. The highest BCUT2D eigenvalue weighted by molar-refractivity contribution is 8.26. The Balaban J connectivity index is 1.77. The van der Waals surface area contributed by atoms with Gasteiger partial charge in [0.15, 0.2) is 9.84 Å². The quantitative estimate of drug-likeness (QED) is 0.525. The highest BCUT2D eigenvalue weighted by Gasteiger charge is 2.41. The third kappa shape index (κ3) is 4.13. The number of thiocarbonyl (C=S) groups is 1. The van der Waals surface area contributed by atoms with Crippen LogP contribution in [0.15, 0.2) is 29.2 Å². The van der Waals surface area contributed by atoms with Crippen molar-refractivity contribution in [3.05, 3.63) is 40.6 Å². The molecule has 2 saturated heterocycles. The molecule has 0 radical (unpaired) electrons. The van der Waals surface area contributed by atoms with E-state index in [4.69, 9.17) is 12.2 Å². The lowest BCUT2D eigenvalue weighted by molar-refractivity contribution is -0.139. The number of rotatable bonds is 4. The summed E-state index contributed by atoms with van der Waals surface area (Å²) in [5, 5.41) is 0. The van der Waals surface area contributed by atoms with Crippen molar-refractivity contribution in [2.45, 2.75) is 25.4 Å². The minimum absolute atomic E-state index is 0.0517. The standard InChI is InChI=1S/C18H19FN2O4S3/c1-11(16(22)20(2)13-7-8-28(24,25)10-13)21-17(23)15(27-18(21)26)9-12-5-3-4-6-14(12)19/h3-6,9,11,13H,7-8,10H2,1-2H3/b15-9+/t11-,13+/m0/s1. The number of likely N-dealkylation sites (N-methyl/N-ethyl adjacent to an activating group) is 1. The molecule has 2 fully saturated rings. The Hall–Kier alpha value is -1.78. The Bertz CT molecular complexity index is 977. The molecule has 0 N–H and O–H groups in total. The van der Waals surface area contributed by atoms with Crippen molar-refractivity contribution in [3.8, 4) is 0 Å². The van der Waals surface area contributed by atoms with Gasteiger partial charge in [-0.25, -0.2) is 12.8 Å². The van der Waals surface area contributed by atoms with E-state index in [2.05, 4.69) is 0 Å². The summed E-state index contributed by atoms with van der Waals surface area (Å²) in [6.07, 6.45) is 1.79. The van der Waals surface area contributed by atoms with Gasteiger partial charge in [0.05, 0.1) is 16.4 Å². The second-order valence-corrected chi connectivity index (χ2v) is 10.7. The molecule has 150 valence electrons. The molecule has 2 heterocycles. The van der Waals surface area contributed by atoms with Gasteiger partial charge in [-0.1, -0.05) is 42.2 Å². The zero-order valence-corrected chi connectivity index (χ0v) is 17.7. The van der Waals surface area contributed by atoms with E-state index in [0.29, 0.717) is 6.42 Å². The van der Waals surface area contributed by atoms with Crippen molar-refractivity contribution in [2.24, 2.45) is 0 Å². The number of carbonyl (C=O) groups is 2. The average molecular weight is 443 g/mol. The maximum atomic E-state index is 13.9. The summed E-state index contributed by atoms with van der Waals surface area (Å²) < 4.78 is 37.4. The Morgan fingerprint density at radius 1 is 1.43 bits per heavy atom. The van der Waals surface area contributed by atoms with E-state index in [-0.39, 0.29) is 32.2 Å². The molecule has 0 bridgehead atoms. The maximum absolute atomic E-state index is 13.9. The summed E-state index contributed by atoms with van der Waals surface area (Å²) in [5.74, 6) is -1.33. The van der Waals surface area contributed by atoms with Crippen LogP contribution in [0.25, 0.3) is 6.08 Å². The fourth-order valence-electron chi connectivity index (χ4n) is 3.21. The minimum Gasteiger partial charge on any atom is -0.340 e. The van der Waals surface area contributed by atoms with Crippen LogP contribution in [0.1, 0.15) is 18.9 Å². The van der Waals surface area contributed by atoms with Crippen LogP contribution in [0, 0.1) is 5.82 Å². The summed E-state index contributed by atoms with van der Waals surface area (Å²) in [6, 6.07) is 4.76. The van der Waals surface area contributed by atoms with Gasteiger partial charge in [0.2, 0.25) is 5.91 Å². The van der Waals surface area contributed by atoms with Gasteiger partial charge in [-0.3, -0.25) is 14.5 Å². The predicted octanol–water partition coefficient (Wildman–Crippen LogP) is 2.06. The number of hydrogen-bond donors (Lipinski definition) is 0. The predicted molar refractivity (Wildman–Crippen MR) is 111 cm³/mol. The van der Waals surface area contributed by atoms with Crippen molar-refractivity contribution >= 4 is 56.0 Å². The lowest BCUT2D eigenvalue weighted by Gasteiger charge is -2.30. The smallest absolute Gasteiger partial charge is 0.266 e. The van der Waals surface area contributed by atoms with Crippen LogP contribution in [-0.2, 0) is 19.4 Å². The fraction of sp³-hybridized carbons (Fsp3) is 0.389. The normalized spacial score (nSPS) is 24.0. The Labute approximate surface area is 172 Å². The van der Waals surface area contributed by atoms with Crippen LogP contribution in [0.3, 0.4) is 0 Å². The number of halogens is 1. The molecule has 0 aliphatic carbocycles. The number of thioether (sulfide) groups is 1.